The van der Waals surface area contributed by atoms with Crippen LogP contribution in [0.15, 0.2) is 47.4 Å². The molecule has 0 spiro atoms. The molecule has 5 nitrogen and oxygen atoms in total. The van der Waals surface area contributed by atoms with Gasteiger partial charge >= 0.3 is 0 Å². The monoisotopic (exact) mass is 340 g/mol. The minimum atomic E-state index is -0.100. The number of thioether (sulfide) groups is 1. The van der Waals surface area contributed by atoms with Crippen LogP contribution in [-0.4, -0.2) is 24.9 Å². The summed E-state index contributed by atoms with van der Waals surface area (Å²) in [6, 6.07) is 14.5. The Bertz CT molecular complexity index is 769. The van der Waals surface area contributed by atoms with E-state index in [9.17, 15) is 4.79 Å². The van der Waals surface area contributed by atoms with Crippen LogP contribution in [0.3, 0.4) is 0 Å². The number of nitriles is 1. The van der Waals surface area contributed by atoms with E-state index in [0.717, 1.165) is 22.8 Å². The standard InChI is InChI=1S/C18H16N2O3S/c19-11-13-2-4-14(5-3-13)20-18(21)12-24-15-6-7-16-17(10-15)23-9-1-8-22-16/h2-7,10H,1,8-9,12H2,(H,20,21). The molecule has 0 atom stereocenters. The van der Waals surface area contributed by atoms with Crippen LogP contribution < -0.4 is 14.8 Å². The summed E-state index contributed by atoms with van der Waals surface area (Å²) in [5.41, 5.74) is 1.24. The van der Waals surface area contributed by atoms with Gasteiger partial charge in [0.15, 0.2) is 11.5 Å². The molecule has 1 aliphatic heterocycles. The minimum Gasteiger partial charge on any atom is -0.490 e. The molecule has 3 rings (SSSR count). The second kappa shape index (κ2) is 7.75. The van der Waals surface area contributed by atoms with Gasteiger partial charge in [-0.3, -0.25) is 4.79 Å². The lowest BCUT2D eigenvalue weighted by Crippen LogP contribution is -2.13. The van der Waals surface area contributed by atoms with Gasteiger partial charge in [-0.2, -0.15) is 5.26 Å². The molecule has 1 N–H and O–H groups in total. The quantitative estimate of drug-likeness (QED) is 0.863. The number of fused-ring (bicyclic) bond motifs is 1. The van der Waals surface area contributed by atoms with E-state index in [-0.39, 0.29) is 5.91 Å². The van der Waals surface area contributed by atoms with Crippen molar-refractivity contribution < 1.29 is 14.3 Å². The number of carbonyl (C=O) groups excluding carboxylic acids is 1. The largest absolute Gasteiger partial charge is 0.490 e. The molecular weight excluding hydrogens is 324 g/mol. The van der Waals surface area contributed by atoms with E-state index in [4.69, 9.17) is 14.7 Å². The van der Waals surface area contributed by atoms with Crippen molar-refractivity contribution >= 4 is 23.4 Å². The van der Waals surface area contributed by atoms with E-state index >= 15 is 0 Å². The molecule has 0 unspecified atom stereocenters. The maximum Gasteiger partial charge on any atom is 0.234 e. The topological polar surface area (TPSA) is 71.4 Å². The third kappa shape index (κ3) is 4.21. The van der Waals surface area contributed by atoms with Gasteiger partial charge in [0, 0.05) is 17.0 Å². The molecule has 0 saturated carbocycles. The van der Waals surface area contributed by atoms with Crippen molar-refractivity contribution in [3.8, 4) is 17.6 Å². The Morgan fingerprint density at radius 3 is 2.62 bits per heavy atom. The molecule has 2 aromatic rings. The average molecular weight is 340 g/mol. The van der Waals surface area contributed by atoms with E-state index in [1.165, 1.54) is 11.8 Å². The van der Waals surface area contributed by atoms with Crippen LogP contribution in [0.5, 0.6) is 11.5 Å². The Morgan fingerprint density at radius 2 is 1.88 bits per heavy atom. The van der Waals surface area contributed by atoms with Gasteiger partial charge in [-0.1, -0.05) is 0 Å². The van der Waals surface area contributed by atoms with Crippen LogP contribution in [0.2, 0.25) is 0 Å². The molecule has 24 heavy (non-hydrogen) atoms. The summed E-state index contributed by atoms with van der Waals surface area (Å²) >= 11 is 1.44. The Hall–Kier alpha value is -2.65. The third-order valence-corrected chi connectivity index (χ3v) is 4.38. The molecular formula is C18H16N2O3S. The zero-order valence-corrected chi connectivity index (χ0v) is 13.8. The molecule has 0 aliphatic carbocycles. The number of benzene rings is 2. The summed E-state index contributed by atoms with van der Waals surface area (Å²) in [5.74, 6) is 1.67. The summed E-state index contributed by atoms with van der Waals surface area (Å²) in [4.78, 5) is 13.0. The third-order valence-electron chi connectivity index (χ3n) is 3.39. The molecule has 0 saturated heterocycles. The van der Waals surface area contributed by atoms with Crippen molar-refractivity contribution in [2.24, 2.45) is 0 Å². The molecule has 122 valence electrons. The van der Waals surface area contributed by atoms with Gasteiger partial charge in [0.2, 0.25) is 5.91 Å². The predicted molar refractivity (Wildman–Crippen MR) is 92.6 cm³/mol. The highest BCUT2D eigenvalue weighted by Gasteiger charge is 2.11. The molecule has 0 radical (unpaired) electrons. The lowest BCUT2D eigenvalue weighted by atomic mass is 10.2. The fourth-order valence-electron chi connectivity index (χ4n) is 2.21. The molecule has 6 heteroatoms. The van der Waals surface area contributed by atoms with E-state index in [2.05, 4.69) is 5.32 Å². The van der Waals surface area contributed by atoms with Crippen molar-refractivity contribution in [3.63, 3.8) is 0 Å². The number of nitrogens with zero attached hydrogens (tertiary/aromatic N) is 1. The fourth-order valence-corrected chi connectivity index (χ4v) is 2.93. The van der Waals surface area contributed by atoms with Crippen LogP contribution in [-0.2, 0) is 4.79 Å². The zero-order chi connectivity index (χ0) is 16.8. The molecule has 0 fully saturated rings. The summed E-state index contributed by atoms with van der Waals surface area (Å²) in [6.07, 6.45) is 0.865. The van der Waals surface area contributed by atoms with Gasteiger partial charge in [-0.25, -0.2) is 0 Å². The van der Waals surface area contributed by atoms with Crippen LogP contribution >= 0.6 is 11.8 Å². The van der Waals surface area contributed by atoms with E-state index in [0.29, 0.717) is 30.2 Å². The lowest BCUT2D eigenvalue weighted by Gasteiger charge is -2.09. The second-order valence-corrected chi connectivity index (χ2v) is 6.23. The van der Waals surface area contributed by atoms with Crippen LogP contribution in [0.1, 0.15) is 12.0 Å². The number of ether oxygens (including phenoxy) is 2. The summed E-state index contributed by atoms with van der Waals surface area (Å²) in [5, 5.41) is 11.6. The first kappa shape index (κ1) is 16.2. The first-order chi connectivity index (χ1) is 11.7. The second-order valence-electron chi connectivity index (χ2n) is 5.19. The van der Waals surface area contributed by atoms with Crippen molar-refractivity contribution in [2.45, 2.75) is 11.3 Å². The smallest absolute Gasteiger partial charge is 0.234 e. The fraction of sp³-hybridized carbons (Fsp3) is 0.222. The van der Waals surface area contributed by atoms with Gasteiger partial charge in [0.05, 0.1) is 30.6 Å². The van der Waals surface area contributed by atoms with Crippen LogP contribution in [0, 0.1) is 11.3 Å². The SMILES string of the molecule is N#Cc1ccc(NC(=O)CSc2ccc3c(c2)OCCCO3)cc1. The molecule has 0 aromatic heterocycles. The summed E-state index contributed by atoms with van der Waals surface area (Å²) in [7, 11) is 0. The van der Waals surface area contributed by atoms with Crippen molar-refractivity contribution in [1.29, 1.82) is 5.26 Å². The van der Waals surface area contributed by atoms with E-state index in [1.807, 2.05) is 24.3 Å². The maximum atomic E-state index is 12.0. The Kier molecular flexibility index (Phi) is 5.24. The van der Waals surface area contributed by atoms with Gasteiger partial charge in [0.25, 0.3) is 0 Å². The van der Waals surface area contributed by atoms with E-state index < -0.39 is 0 Å². The van der Waals surface area contributed by atoms with Crippen LogP contribution in [0.25, 0.3) is 0 Å². The zero-order valence-electron chi connectivity index (χ0n) is 13.0. The normalized spacial score (nSPS) is 12.8. The number of carbonyl (C=O) groups is 1. The number of rotatable bonds is 4. The number of amides is 1. The number of hydrogen-bond acceptors (Lipinski definition) is 5. The Labute approximate surface area is 144 Å². The highest BCUT2D eigenvalue weighted by molar-refractivity contribution is 8.00. The molecule has 1 amide bonds. The average Bonchev–Trinajstić information content (AvgIpc) is 2.85. The van der Waals surface area contributed by atoms with Gasteiger partial charge < -0.3 is 14.8 Å². The number of hydrogen-bond donors (Lipinski definition) is 1. The minimum absolute atomic E-state index is 0.100. The Morgan fingerprint density at radius 1 is 1.12 bits per heavy atom. The maximum absolute atomic E-state index is 12.0. The van der Waals surface area contributed by atoms with Crippen molar-refractivity contribution in [2.75, 3.05) is 24.3 Å². The molecule has 1 heterocycles. The van der Waals surface area contributed by atoms with Crippen molar-refractivity contribution in [1.82, 2.24) is 0 Å². The van der Waals surface area contributed by atoms with Gasteiger partial charge in [0.1, 0.15) is 0 Å². The summed E-state index contributed by atoms with van der Waals surface area (Å²) in [6.45, 7) is 1.30. The molecule has 1 aliphatic rings. The predicted octanol–water partition coefficient (Wildman–Crippen LogP) is 3.45. The molecule has 0 bridgehead atoms. The van der Waals surface area contributed by atoms with Crippen LogP contribution in [0.4, 0.5) is 5.69 Å². The van der Waals surface area contributed by atoms with Gasteiger partial charge in [-0.05, 0) is 42.5 Å². The summed E-state index contributed by atoms with van der Waals surface area (Å²) < 4.78 is 11.2. The van der Waals surface area contributed by atoms with Crippen molar-refractivity contribution in [3.05, 3.63) is 48.0 Å². The van der Waals surface area contributed by atoms with Gasteiger partial charge in [-0.15, -0.1) is 11.8 Å². The first-order valence-corrected chi connectivity index (χ1v) is 8.55. The lowest BCUT2D eigenvalue weighted by molar-refractivity contribution is -0.113. The number of anilines is 1. The van der Waals surface area contributed by atoms with E-state index in [1.54, 1.807) is 24.3 Å². The highest BCUT2D eigenvalue weighted by Crippen LogP contribution is 2.33. The first-order valence-electron chi connectivity index (χ1n) is 7.57. The Balaban J connectivity index is 1.56. The highest BCUT2D eigenvalue weighted by atomic mass is 32.2. The molecule has 2 aromatic carbocycles. The number of nitrogens with one attached hydrogen (secondary N) is 1.